The van der Waals surface area contributed by atoms with Gasteiger partial charge in [0.25, 0.3) is 0 Å². The van der Waals surface area contributed by atoms with Gasteiger partial charge in [-0.15, -0.1) is 12.4 Å². The monoisotopic (exact) mass is 347 g/mol. The van der Waals surface area contributed by atoms with E-state index in [-0.39, 0.29) is 18.3 Å². The highest BCUT2D eigenvalue weighted by atomic mass is 79.9. The number of likely N-dealkylation sites (N-methyl/N-ethyl adjacent to an activating group) is 1. The molecule has 0 atom stereocenters. The van der Waals surface area contributed by atoms with Crippen LogP contribution in [0.5, 0.6) is 0 Å². The van der Waals surface area contributed by atoms with Crippen molar-refractivity contribution in [1.29, 1.82) is 0 Å². The van der Waals surface area contributed by atoms with E-state index >= 15 is 0 Å². The number of halogens is 2. The van der Waals surface area contributed by atoms with Gasteiger partial charge < -0.3 is 10.6 Å². The van der Waals surface area contributed by atoms with Crippen LogP contribution in [-0.2, 0) is 4.79 Å². The first kappa shape index (κ1) is 16.4. The molecule has 19 heavy (non-hydrogen) atoms. The van der Waals surface area contributed by atoms with E-state index in [0.717, 1.165) is 28.8 Å². The third kappa shape index (κ3) is 4.45. The molecule has 1 saturated heterocycles. The van der Waals surface area contributed by atoms with Crippen molar-refractivity contribution in [2.75, 3.05) is 32.0 Å². The van der Waals surface area contributed by atoms with Crippen molar-refractivity contribution in [2.24, 2.45) is 0 Å². The maximum atomic E-state index is 11.9. The van der Waals surface area contributed by atoms with Crippen LogP contribution < -0.4 is 10.6 Å². The van der Waals surface area contributed by atoms with E-state index in [9.17, 15) is 4.79 Å². The number of rotatable bonds is 4. The van der Waals surface area contributed by atoms with Crippen molar-refractivity contribution in [1.82, 2.24) is 10.2 Å². The molecule has 2 N–H and O–H groups in total. The predicted molar refractivity (Wildman–Crippen MR) is 84.0 cm³/mol. The molecule has 0 aliphatic carbocycles. The van der Waals surface area contributed by atoms with Gasteiger partial charge in [-0.3, -0.25) is 9.69 Å². The number of benzene rings is 1. The average Bonchev–Trinajstić information content (AvgIpc) is 2.20. The molecule has 1 aliphatic rings. The lowest BCUT2D eigenvalue weighted by atomic mass is 10.1. The van der Waals surface area contributed by atoms with Gasteiger partial charge in [-0.05, 0) is 37.7 Å². The summed E-state index contributed by atoms with van der Waals surface area (Å²) in [5, 5.41) is 6.12. The Morgan fingerprint density at radius 2 is 2.21 bits per heavy atom. The Morgan fingerprint density at radius 3 is 2.74 bits per heavy atom. The van der Waals surface area contributed by atoms with E-state index in [1.54, 1.807) is 0 Å². The second-order valence-corrected chi connectivity index (χ2v) is 5.59. The highest BCUT2D eigenvalue weighted by Gasteiger charge is 2.22. The fourth-order valence-electron chi connectivity index (χ4n) is 1.86. The molecule has 1 amide bonds. The van der Waals surface area contributed by atoms with E-state index in [4.69, 9.17) is 0 Å². The first-order valence-electron chi connectivity index (χ1n) is 6.03. The minimum absolute atomic E-state index is 0. The smallest absolute Gasteiger partial charge is 0.238 e. The van der Waals surface area contributed by atoms with Crippen molar-refractivity contribution in [2.45, 2.75) is 13.0 Å². The Bertz CT molecular complexity index is 452. The van der Waals surface area contributed by atoms with E-state index in [1.165, 1.54) is 0 Å². The number of nitrogens with zero attached hydrogens (tertiary/aromatic N) is 1. The number of amides is 1. The maximum Gasteiger partial charge on any atom is 0.238 e. The normalized spacial score (nSPS) is 14.7. The van der Waals surface area contributed by atoms with Crippen LogP contribution in [0.15, 0.2) is 22.7 Å². The molecule has 0 bridgehead atoms. The second-order valence-electron chi connectivity index (χ2n) is 4.74. The molecular formula is C13H19BrClN3O. The number of aryl methyl sites for hydroxylation is 1. The van der Waals surface area contributed by atoms with Gasteiger partial charge in [-0.1, -0.05) is 15.9 Å². The Kier molecular flexibility index (Phi) is 6.26. The summed E-state index contributed by atoms with van der Waals surface area (Å²) in [6.45, 7) is 4.38. The lowest BCUT2D eigenvalue weighted by Crippen LogP contribution is -2.57. The van der Waals surface area contributed by atoms with Crippen molar-refractivity contribution in [3.05, 3.63) is 28.2 Å². The standard InChI is InChI=1S/C13H18BrN3O.ClH/c1-9-5-10(3-4-12(9)14)16-13(18)8-17(2)11-6-15-7-11;/h3-5,11,15H,6-8H2,1-2H3,(H,16,18);1H. The van der Waals surface area contributed by atoms with E-state index in [0.29, 0.717) is 12.6 Å². The van der Waals surface area contributed by atoms with Crippen LogP contribution in [0.25, 0.3) is 0 Å². The Hall–Kier alpha value is -0.620. The number of anilines is 1. The molecule has 1 aromatic rings. The zero-order valence-corrected chi connectivity index (χ0v) is 13.5. The Balaban J connectivity index is 0.00000180. The Labute approximate surface area is 128 Å². The average molecular weight is 349 g/mol. The van der Waals surface area contributed by atoms with Crippen LogP contribution in [0.2, 0.25) is 0 Å². The van der Waals surface area contributed by atoms with Gasteiger partial charge >= 0.3 is 0 Å². The van der Waals surface area contributed by atoms with E-state index < -0.39 is 0 Å². The highest BCUT2D eigenvalue weighted by molar-refractivity contribution is 9.10. The zero-order valence-electron chi connectivity index (χ0n) is 11.1. The molecule has 0 unspecified atom stereocenters. The van der Waals surface area contributed by atoms with Crippen LogP contribution >= 0.6 is 28.3 Å². The summed E-state index contributed by atoms with van der Waals surface area (Å²) < 4.78 is 1.05. The molecule has 0 saturated carbocycles. The molecule has 6 heteroatoms. The van der Waals surface area contributed by atoms with Gasteiger partial charge in [0.1, 0.15) is 0 Å². The Morgan fingerprint density at radius 1 is 1.53 bits per heavy atom. The molecule has 4 nitrogen and oxygen atoms in total. The van der Waals surface area contributed by atoms with Crippen molar-refractivity contribution in [3.8, 4) is 0 Å². The SMILES string of the molecule is Cc1cc(NC(=O)CN(C)C2CNC2)ccc1Br.Cl. The molecule has 1 aromatic carbocycles. The van der Waals surface area contributed by atoms with Gasteiger partial charge in [-0.25, -0.2) is 0 Å². The fraction of sp³-hybridized carbons (Fsp3) is 0.462. The summed E-state index contributed by atoms with van der Waals surface area (Å²) in [5.41, 5.74) is 1.96. The molecule has 1 aliphatic heterocycles. The molecule has 0 aromatic heterocycles. The summed E-state index contributed by atoms with van der Waals surface area (Å²) >= 11 is 3.44. The molecule has 1 heterocycles. The van der Waals surface area contributed by atoms with Crippen molar-refractivity contribution >= 4 is 39.9 Å². The van der Waals surface area contributed by atoms with Gasteiger partial charge in [0.15, 0.2) is 0 Å². The minimum Gasteiger partial charge on any atom is -0.325 e. The first-order valence-corrected chi connectivity index (χ1v) is 6.82. The van der Waals surface area contributed by atoms with Crippen LogP contribution in [0, 0.1) is 6.92 Å². The largest absolute Gasteiger partial charge is 0.325 e. The van der Waals surface area contributed by atoms with Gasteiger partial charge in [0.05, 0.1) is 6.54 Å². The summed E-state index contributed by atoms with van der Waals surface area (Å²) in [5.74, 6) is 0.0334. The van der Waals surface area contributed by atoms with Gasteiger partial charge in [0, 0.05) is 29.3 Å². The van der Waals surface area contributed by atoms with Crippen LogP contribution in [0.3, 0.4) is 0 Å². The lowest BCUT2D eigenvalue weighted by molar-refractivity contribution is -0.117. The number of nitrogens with one attached hydrogen (secondary N) is 2. The summed E-state index contributed by atoms with van der Waals surface area (Å²) in [4.78, 5) is 14.0. The van der Waals surface area contributed by atoms with Crippen LogP contribution in [0.1, 0.15) is 5.56 Å². The maximum absolute atomic E-state index is 11.9. The van der Waals surface area contributed by atoms with Crippen molar-refractivity contribution in [3.63, 3.8) is 0 Å². The number of carbonyl (C=O) groups excluding carboxylic acids is 1. The first-order chi connectivity index (χ1) is 8.56. The van der Waals surface area contributed by atoms with Crippen molar-refractivity contribution < 1.29 is 4.79 Å². The summed E-state index contributed by atoms with van der Waals surface area (Å²) in [6, 6.07) is 6.31. The van der Waals surface area contributed by atoms with Gasteiger partial charge in [-0.2, -0.15) is 0 Å². The summed E-state index contributed by atoms with van der Waals surface area (Å²) in [6.07, 6.45) is 0. The molecule has 2 rings (SSSR count). The third-order valence-electron chi connectivity index (χ3n) is 3.22. The lowest BCUT2D eigenvalue weighted by Gasteiger charge is -2.35. The predicted octanol–water partition coefficient (Wildman–Crippen LogP) is 2.02. The summed E-state index contributed by atoms with van der Waals surface area (Å²) in [7, 11) is 1.98. The fourth-order valence-corrected chi connectivity index (χ4v) is 2.11. The molecule has 106 valence electrons. The molecular weight excluding hydrogens is 330 g/mol. The number of hydrogen-bond acceptors (Lipinski definition) is 3. The zero-order chi connectivity index (χ0) is 13.1. The van der Waals surface area contributed by atoms with Gasteiger partial charge in [0.2, 0.25) is 5.91 Å². The quantitative estimate of drug-likeness (QED) is 0.875. The van der Waals surface area contributed by atoms with E-state index in [2.05, 4.69) is 31.5 Å². The minimum atomic E-state index is 0. The third-order valence-corrected chi connectivity index (χ3v) is 4.11. The number of hydrogen-bond donors (Lipinski definition) is 2. The topological polar surface area (TPSA) is 44.4 Å². The van der Waals surface area contributed by atoms with Crippen LogP contribution in [0.4, 0.5) is 5.69 Å². The highest BCUT2D eigenvalue weighted by Crippen LogP contribution is 2.19. The second kappa shape index (κ2) is 7.24. The molecule has 1 fully saturated rings. The van der Waals surface area contributed by atoms with Crippen LogP contribution in [-0.4, -0.2) is 43.5 Å². The number of carbonyl (C=O) groups is 1. The molecule has 0 spiro atoms. The molecule has 0 radical (unpaired) electrons. The van der Waals surface area contributed by atoms with E-state index in [1.807, 2.05) is 32.2 Å².